The summed E-state index contributed by atoms with van der Waals surface area (Å²) in [4.78, 5) is 0. The smallest absolute Gasteiger partial charge is 0.205 e. The Morgan fingerprint density at radius 1 is 0.897 bits per heavy atom. The maximum Gasteiger partial charge on any atom is 0.205 e. The molecule has 0 heterocycles. The molecule has 29 heavy (non-hydrogen) atoms. The van der Waals surface area contributed by atoms with Crippen molar-refractivity contribution in [3.8, 4) is 11.8 Å². The van der Waals surface area contributed by atoms with Crippen LogP contribution < -0.4 is 15.7 Å². The lowest BCUT2D eigenvalue weighted by Crippen LogP contribution is -2.30. The normalized spacial score (nSPS) is 12.1. The molecule has 0 bridgehead atoms. The van der Waals surface area contributed by atoms with Crippen LogP contribution in [0.4, 0.5) is 0 Å². The zero-order valence-electron chi connectivity index (χ0n) is 16.5. The highest BCUT2D eigenvalue weighted by Gasteiger charge is 2.30. The van der Waals surface area contributed by atoms with Gasteiger partial charge in [-0.1, -0.05) is 83.7 Å². The van der Waals surface area contributed by atoms with Gasteiger partial charge in [0.1, 0.15) is 6.04 Å². The third-order valence-electron chi connectivity index (χ3n) is 4.66. The van der Waals surface area contributed by atoms with Crippen LogP contribution in [0.3, 0.4) is 0 Å². The van der Waals surface area contributed by atoms with Crippen LogP contribution in [-0.4, -0.2) is 0 Å². The molecule has 0 amide bonds. The highest BCUT2D eigenvalue weighted by atomic mass is 79.9. The van der Waals surface area contributed by atoms with Gasteiger partial charge in [0.25, 0.3) is 0 Å². The second-order valence-electron chi connectivity index (χ2n) is 6.82. The second kappa shape index (κ2) is 10.6. The molecular weight excluding hydrogens is 441 g/mol. The highest BCUT2D eigenvalue weighted by molar-refractivity contribution is 9.10. The van der Waals surface area contributed by atoms with Crippen LogP contribution in [0.25, 0.3) is 0 Å². The van der Waals surface area contributed by atoms with Gasteiger partial charge in [-0.25, -0.2) is 5.09 Å². The Morgan fingerprint density at radius 2 is 1.45 bits per heavy atom. The maximum atomic E-state index is 14.4. The van der Waals surface area contributed by atoms with E-state index in [2.05, 4.69) is 39.8 Å². The zero-order chi connectivity index (χ0) is 20.5. The van der Waals surface area contributed by atoms with E-state index in [1.165, 1.54) is 0 Å². The summed E-state index contributed by atoms with van der Waals surface area (Å²) in [6.45, 7) is 2.16. The van der Waals surface area contributed by atoms with Gasteiger partial charge >= 0.3 is 0 Å². The van der Waals surface area contributed by atoms with Crippen molar-refractivity contribution < 1.29 is 4.57 Å². The topological polar surface area (TPSA) is 29.1 Å². The van der Waals surface area contributed by atoms with Crippen LogP contribution in [0.1, 0.15) is 37.8 Å². The molecule has 0 aliphatic rings. The molecule has 0 radical (unpaired) electrons. The van der Waals surface area contributed by atoms with Gasteiger partial charge in [0.05, 0.1) is 0 Å². The first-order chi connectivity index (χ1) is 14.1. The van der Waals surface area contributed by atoms with Crippen LogP contribution in [0.2, 0.25) is 0 Å². The largest absolute Gasteiger partial charge is 0.296 e. The van der Waals surface area contributed by atoms with Crippen molar-refractivity contribution in [2.45, 2.75) is 32.2 Å². The van der Waals surface area contributed by atoms with Crippen molar-refractivity contribution in [2.75, 3.05) is 0 Å². The third kappa shape index (κ3) is 5.71. The van der Waals surface area contributed by atoms with Crippen molar-refractivity contribution >= 4 is 33.8 Å². The summed E-state index contributed by atoms with van der Waals surface area (Å²) in [5.74, 6) is 6.62. The molecule has 4 heteroatoms. The molecule has 0 saturated heterocycles. The molecule has 1 unspecified atom stereocenters. The first-order valence-electron chi connectivity index (χ1n) is 9.86. The van der Waals surface area contributed by atoms with Crippen LogP contribution in [0, 0.1) is 11.8 Å². The van der Waals surface area contributed by atoms with E-state index in [0.29, 0.717) is 0 Å². The lowest BCUT2D eigenvalue weighted by atomic mass is 10.1. The van der Waals surface area contributed by atoms with E-state index in [1.54, 1.807) is 0 Å². The Kier molecular flexibility index (Phi) is 7.90. The molecular formula is C25H25BrNOP. The molecule has 0 aliphatic heterocycles. The maximum absolute atomic E-state index is 14.4. The van der Waals surface area contributed by atoms with E-state index in [9.17, 15) is 4.57 Å². The lowest BCUT2D eigenvalue weighted by Gasteiger charge is -2.24. The van der Waals surface area contributed by atoms with Crippen LogP contribution in [0.15, 0.2) is 89.4 Å². The highest BCUT2D eigenvalue weighted by Crippen LogP contribution is 2.41. The summed E-state index contributed by atoms with van der Waals surface area (Å²) in [5, 5.41) is 5.00. The summed E-state index contributed by atoms with van der Waals surface area (Å²) >= 11 is 3.49. The molecule has 148 valence electrons. The van der Waals surface area contributed by atoms with E-state index < -0.39 is 7.29 Å². The minimum atomic E-state index is -3.08. The number of hydrogen-bond donors (Lipinski definition) is 1. The van der Waals surface area contributed by atoms with Gasteiger partial charge in [0.15, 0.2) is 0 Å². The predicted octanol–water partition coefficient (Wildman–Crippen LogP) is 6.20. The van der Waals surface area contributed by atoms with Gasteiger partial charge in [-0.05, 0) is 48.4 Å². The van der Waals surface area contributed by atoms with Crippen molar-refractivity contribution in [1.29, 1.82) is 0 Å². The number of rotatable bonds is 7. The average Bonchev–Trinajstić information content (AvgIpc) is 2.77. The molecule has 3 aromatic rings. The fraction of sp³-hybridized carbons (Fsp3) is 0.200. The van der Waals surface area contributed by atoms with Gasteiger partial charge in [-0.15, -0.1) is 5.92 Å². The Morgan fingerprint density at radius 3 is 1.97 bits per heavy atom. The van der Waals surface area contributed by atoms with Gasteiger partial charge in [0.2, 0.25) is 7.29 Å². The summed E-state index contributed by atoms with van der Waals surface area (Å²) in [5.41, 5.74) is 1.00. The third-order valence-corrected chi connectivity index (χ3v) is 7.86. The molecule has 0 fully saturated rings. The SMILES string of the molecule is CCCCC#CC(NP(=O)(c1ccccc1)c1ccccc1)c1ccc(Br)cc1. The Balaban J connectivity index is 2.04. The molecule has 3 aromatic carbocycles. The number of unbranched alkanes of at least 4 members (excludes halogenated alkanes) is 2. The number of halogens is 1. The summed E-state index contributed by atoms with van der Waals surface area (Å²) in [6.07, 6.45) is 3.01. The predicted molar refractivity (Wildman–Crippen MR) is 127 cm³/mol. The van der Waals surface area contributed by atoms with Crippen molar-refractivity contribution in [1.82, 2.24) is 5.09 Å². The average molecular weight is 466 g/mol. The van der Waals surface area contributed by atoms with Crippen LogP contribution in [-0.2, 0) is 4.57 Å². The zero-order valence-corrected chi connectivity index (χ0v) is 19.0. The number of benzene rings is 3. The van der Waals surface area contributed by atoms with Crippen molar-refractivity contribution in [2.24, 2.45) is 0 Å². The fourth-order valence-electron chi connectivity index (χ4n) is 3.04. The standard InChI is InChI=1S/C25H25BrNOP/c1-2-3-4-11-16-25(21-17-19-22(26)20-18-21)27-29(28,23-12-7-5-8-13-23)24-14-9-6-10-15-24/h5-10,12-15,17-20,25H,2-4H2,1H3,(H,27,28). The van der Waals surface area contributed by atoms with E-state index in [-0.39, 0.29) is 6.04 Å². The minimum absolute atomic E-state index is 0.328. The molecule has 1 atom stereocenters. The Hall–Kier alpha value is -2.11. The molecule has 0 aromatic heterocycles. The molecule has 1 N–H and O–H groups in total. The quantitative estimate of drug-likeness (QED) is 0.255. The summed E-state index contributed by atoms with van der Waals surface area (Å²) < 4.78 is 15.4. The van der Waals surface area contributed by atoms with E-state index in [1.807, 2.05) is 84.9 Å². The van der Waals surface area contributed by atoms with E-state index in [0.717, 1.165) is 39.9 Å². The fourth-order valence-corrected chi connectivity index (χ4v) is 5.66. The van der Waals surface area contributed by atoms with Gasteiger partial charge in [0, 0.05) is 21.5 Å². The van der Waals surface area contributed by atoms with Gasteiger partial charge in [-0.2, -0.15) is 0 Å². The molecule has 3 rings (SSSR count). The molecule has 0 spiro atoms. The monoisotopic (exact) mass is 465 g/mol. The van der Waals surface area contributed by atoms with Crippen molar-refractivity contribution in [3.63, 3.8) is 0 Å². The van der Waals surface area contributed by atoms with Crippen LogP contribution in [0.5, 0.6) is 0 Å². The van der Waals surface area contributed by atoms with Gasteiger partial charge in [-0.3, -0.25) is 4.57 Å². The number of hydrogen-bond acceptors (Lipinski definition) is 1. The van der Waals surface area contributed by atoms with Crippen molar-refractivity contribution in [3.05, 3.63) is 95.0 Å². The minimum Gasteiger partial charge on any atom is -0.296 e. The summed E-state index contributed by atoms with van der Waals surface area (Å²) in [7, 11) is -3.08. The number of nitrogens with one attached hydrogen (secondary N) is 1. The first kappa shape index (κ1) is 21.6. The molecule has 2 nitrogen and oxygen atoms in total. The Labute approximate surface area is 182 Å². The molecule has 0 saturated carbocycles. The van der Waals surface area contributed by atoms with E-state index >= 15 is 0 Å². The second-order valence-corrected chi connectivity index (χ2v) is 10.2. The molecule has 0 aliphatic carbocycles. The lowest BCUT2D eigenvalue weighted by molar-refractivity contribution is 0.574. The van der Waals surface area contributed by atoms with Crippen LogP contribution >= 0.6 is 23.2 Å². The first-order valence-corrected chi connectivity index (χ1v) is 12.4. The summed E-state index contributed by atoms with van der Waals surface area (Å²) in [6, 6.07) is 27.0. The van der Waals surface area contributed by atoms with Gasteiger partial charge < -0.3 is 0 Å². The van der Waals surface area contributed by atoms with E-state index in [4.69, 9.17) is 0 Å². The Bertz CT molecular complexity index is 964.